The molecule has 0 N–H and O–H groups in total. The Bertz CT molecular complexity index is 621. The summed E-state index contributed by atoms with van der Waals surface area (Å²) in [5, 5.41) is 5.34. The van der Waals surface area contributed by atoms with Gasteiger partial charge in [0.25, 0.3) is 0 Å². The third-order valence-corrected chi connectivity index (χ3v) is 4.26. The van der Waals surface area contributed by atoms with Crippen molar-refractivity contribution in [2.45, 2.75) is 31.3 Å². The average molecular weight is 328 g/mol. The molecule has 7 heteroatoms. The van der Waals surface area contributed by atoms with Crippen molar-refractivity contribution in [3.05, 3.63) is 46.5 Å². The first-order chi connectivity index (χ1) is 10.1. The number of rotatable bonds is 4. The lowest BCUT2D eigenvalue weighted by atomic mass is 9.90. The van der Waals surface area contributed by atoms with Crippen LogP contribution in [0.25, 0.3) is 0 Å². The maximum Gasteiger partial charge on any atom is 0.158 e. The van der Waals surface area contributed by atoms with Crippen LogP contribution in [-0.2, 0) is 21.6 Å². The maximum absolute atomic E-state index is 6.38. The molecule has 0 bridgehead atoms. The lowest BCUT2D eigenvalue weighted by molar-refractivity contribution is -0.164. The number of benzene rings is 1. The largest absolute Gasteiger partial charge is 0.356 e. The average Bonchev–Trinajstić information content (AvgIpc) is 3.09. The van der Waals surface area contributed by atoms with Crippen molar-refractivity contribution in [2.24, 2.45) is 0 Å². The molecule has 0 spiro atoms. The van der Waals surface area contributed by atoms with Crippen LogP contribution in [0.15, 0.2) is 30.9 Å². The lowest BCUT2D eigenvalue weighted by Gasteiger charge is -2.30. The Morgan fingerprint density at radius 3 is 2.95 bits per heavy atom. The summed E-state index contributed by atoms with van der Waals surface area (Å²) in [5.41, 5.74) is 0.305. The normalized spacial score (nSPS) is 25.4. The van der Waals surface area contributed by atoms with Gasteiger partial charge in [-0.05, 0) is 18.6 Å². The van der Waals surface area contributed by atoms with Crippen LogP contribution < -0.4 is 0 Å². The summed E-state index contributed by atoms with van der Waals surface area (Å²) in [6.07, 6.45) is 4.49. The summed E-state index contributed by atoms with van der Waals surface area (Å²) in [7, 11) is 1.64. The topological polar surface area (TPSA) is 49.2 Å². The Balaban J connectivity index is 1.99. The highest BCUT2D eigenvalue weighted by Gasteiger charge is 2.44. The van der Waals surface area contributed by atoms with Gasteiger partial charge in [0.2, 0.25) is 0 Å². The van der Waals surface area contributed by atoms with Gasteiger partial charge in [0, 0.05) is 29.1 Å². The van der Waals surface area contributed by atoms with E-state index in [1.165, 1.54) is 6.33 Å². The van der Waals surface area contributed by atoms with Crippen molar-refractivity contribution < 1.29 is 9.47 Å². The van der Waals surface area contributed by atoms with Crippen LogP contribution in [0.1, 0.15) is 18.4 Å². The molecule has 2 heterocycles. The van der Waals surface area contributed by atoms with Crippen LogP contribution >= 0.6 is 23.2 Å². The van der Waals surface area contributed by atoms with E-state index < -0.39 is 5.60 Å². The van der Waals surface area contributed by atoms with Crippen molar-refractivity contribution in [1.82, 2.24) is 14.8 Å². The molecule has 5 nitrogen and oxygen atoms in total. The van der Waals surface area contributed by atoms with E-state index in [2.05, 4.69) is 10.1 Å². The molecular formula is C14H15Cl2N3O2. The molecular weight excluding hydrogens is 313 g/mol. The summed E-state index contributed by atoms with van der Waals surface area (Å²) in [4.78, 5) is 3.98. The second-order valence-corrected chi connectivity index (χ2v) is 5.88. The SMILES string of the molecule is COC1CCC(Cn2cncn2)(c2ccc(Cl)cc2Cl)O1. The molecule has 1 saturated heterocycles. The molecule has 1 fully saturated rings. The molecule has 0 saturated carbocycles. The Hall–Kier alpha value is -1.14. The Kier molecular flexibility index (Phi) is 4.17. The fourth-order valence-corrected chi connectivity index (χ4v) is 3.30. The van der Waals surface area contributed by atoms with E-state index in [4.69, 9.17) is 32.7 Å². The minimum absolute atomic E-state index is 0.250. The van der Waals surface area contributed by atoms with Crippen molar-refractivity contribution in [3.8, 4) is 0 Å². The van der Waals surface area contributed by atoms with E-state index >= 15 is 0 Å². The zero-order valence-electron chi connectivity index (χ0n) is 11.5. The molecule has 2 aromatic rings. The van der Waals surface area contributed by atoms with Gasteiger partial charge in [0.05, 0.1) is 6.54 Å². The van der Waals surface area contributed by atoms with Crippen LogP contribution in [0.5, 0.6) is 0 Å². The highest BCUT2D eigenvalue weighted by Crippen LogP contribution is 2.44. The standard InChI is InChI=1S/C14H15Cl2N3O2/c1-20-13-4-5-14(21-13,7-19-9-17-8-18-19)11-3-2-10(15)6-12(11)16/h2-3,6,8-9,13H,4-5,7H2,1H3. The van der Waals surface area contributed by atoms with Gasteiger partial charge in [-0.2, -0.15) is 5.10 Å². The van der Waals surface area contributed by atoms with E-state index in [1.807, 2.05) is 12.1 Å². The van der Waals surface area contributed by atoms with Crippen molar-refractivity contribution in [2.75, 3.05) is 7.11 Å². The zero-order valence-corrected chi connectivity index (χ0v) is 13.0. The fourth-order valence-electron chi connectivity index (χ4n) is 2.72. The van der Waals surface area contributed by atoms with Gasteiger partial charge in [-0.15, -0.1) is 0 Å². The minimum atomic E-state index is -0.587. The quantitative estimate of drug-likeness (QED) is 0.864. The van der Waals surface area contributed by atoms with Gasteiger partial charge < -0.3 is 9.47 Å². The third kappa shape index (κ3) is 2.92. The Morgan fingerprint density at radius 2 is 2.33 bits per heavy atom. The van der Waals surface area contributed by atoms with E-state index in [-0.39, 0.29) is 6.29 Å². The fraction of sp³-hybridized carbons (Fsp3) is 0.429. The van der Waals surface area contributed by atoms with E-state index in [0.717, 1.165) is 18.4 Å². The molecule has 3 rings (SSSR count). The molecule has 112 valence electrons. The minimum Gasteiger partial charge on any atom is -0.356 e. The van der Waals surface area contributed by atoms with Gasteiger partial charge in [0.15, 0.2) is 6.29 Å². The van der Waals surface area contributed by atoms with Crippen LogP contribution in [-0.4, -0.2) is 28.2 Å². The van der Waals surface area contributed by atoms with Crippen LogP contribution in [0.4, 0.5) is 0 Å². The first-order valence-corrected chi connectivity index (χ1v) is 7.37. The molecule has 0 aliphatic carbocycles. The number of hydrogen-bond donors (Lipinski definition) is 0. The molecule has 0 radical (unpaired) electrons. The van der Waals surface area contributed by atoms with Crippen molar-refractivity contribution >= 4 is 23.2 Å². The molecule has 1 aliphatic rings. The number of nitrogens with zero attached hydrogens (tertiary/aromatic N) is 3. The predicted octanol–water partition coefficient (Wildman–Crippen LogP) is 3.26. The van der Waals surface area contributed by atoms with Gasteiger partial charge in [-0.25, -0.2) is 9.67 Å². The summed E-state index contributed by atoms with van der Waals surface area (Å²) in [6.45, 7) is 0.522. The van der Waals surface area contributed by atoms with Crippen LogP contribution in [0, 0.1) is 0 Å². The highest BCUT2D eigenvalue weighted by atomic mass is 35.5. The second-order valence-electron chi connectivity index (χ2n) is 5.03. The summed E-state index contributed by atoms with van der Waals surface area (Å²) >= 11 is 12.4. The monoisotopic (exact) mass is 327 g/mol. The molecule has 1 aromatic heterocycles. The second kappa shape index (κ2) is 5.93. The maximum atomic E-state index is 6.38. The van der Waals surface area contributed by atoms with Gasteiger partial charge >= 0.3 is 0 Å². The van der Waals surface area contributed by atoms with E-state index in [1.54, 1.807) is 24.2 Å². The summed E-state index contributed by atoms with van der Waals surface area (Å²) in [6, 6.07) is 5.44. The molecule has 2 unspecified atom stereocenters. The zero-order chi connectivity index (χ0) is 14.9. The molecule has 1 aliphatic heterocycles. The first kappa shape index (κ1) is 14.8. The summed E-state index contributed by atoms with van der Waals surface area (Å²) in [5.74, 6) is 0. The number of hydrogen-bond acceptors (Lipinski definition) is 4. The van der Waals surface area contributed by atoms with Gasteiger partial charge in [-0.1, -0.05) is 29.3 Å². The smallest absolute Gasteiger partial charge is 0.158 e. The Labute approximate surface area is 132 Å². The predicted molar refractivity (Wildman–Crippen MR) is 79.3 cm³/mol. The molecule has 2 atom stereocenters. The number of methoxy groups -OCH3 is 1. The van der Waals surface area contributed by atoms with Crippen molar-refractivity contribution in [1.29, 1.82) is 0 Å². The summed E-state index contributed by atoms with van der Waals surface area (Å²) < 4.78 is 13.2. The van der Waals surface area contributed by atoms with Crippen molar-refractivity contribution in [3.63, 3.8) is 0 Å². The van der Waals surface area contributed by atoms with Crippen LogP contribution in [0.3, 0.4) is 0 Å². The number of aromatic nitrogens is 3. The number of ether oxygens (including phenoxy) is 2. The lowest BCUT2D eigenvalue weighted by Crippen LogP contribution is -2.33. The van der Waals surface area contributed by atoms with Gasteiger partial charge in [0.1, 0.15) is 18.3 Å². The first-order valence-electron chi connectivity index (χ1n) is 6.61. The van der Waals surface area contributed by atoms with Crippen LogP contribution in [0.2, 0.25) is 10.0 Å². The Morgan fingerprint density at radius 1 is 1.48 bits per heavy atom. The molecule has 21 heavy (non-hydrogen) atoms. The molecule has 1 aromatic carbocycles. The third-order valence-electron chi connectivity index (χ3n) is 3.71. The molecule has 0 amide bonds. The van der Waals surface area contributed by atoms with Gasteiger partial charge in [-0.3, -0.25) is 0 Å². The van der Waals surface area contributed by atoms with E-state index in [9.17, 15) is 0 Å². The van der Waals surface area contributed by atoms with E-state index in [0.29, 0.717) is 16.6 Å². The number of halogens is 2. The highest BCUT2D eigenvalue weighted by molar-refractivity contribution is 6.35.